The number of rotatable bonds is 48. The first-order chi connectivity index (χ1) is 61.9. The maximum absolute atomic E-state index is 11.4. The van der Waals surface area contributed by atoms with Crippen LogP contribution in [0.3, 0.4) is 0 Å². The van der Waals surface area contributed by atoms with Crippen molar-refractivity contribution < 1.29 is 24.8 Å². The van der Waals surface area contributed by atoms with E-state index in [4.69, 9.17) is 5.41 Å². The van der Waals surface area contributed by atoms with Crippen molar-refractivity contribution in [3.8, 4) is 114 Å². The van der Waals surface area contributed by atoms with E-state index in [1.807, 2.05) is 22.7 Å². The summed E-state index contributed by atoms with van der Waals surface area (Å²) >= 11 is 32.0. The van der Waals surface area contributed by atoms with Crippen molar-refractivity contribution in [2.45, 2.75) is 367 Å². The van der Waals surface area contributed by atoms with E-state index >= 15 is 0 Å². The topological polar surface area (TPSA) is 50.8 Å². The number of nitrogens with one attached hydrogen (secondary N) is 1. The van der Waals surface area contributed by atoms with Gasteiger partial charge in [0.2, 0.25) is 5.78 Å². The van der Waals surface area contributed by atoms with Crippen molar-refractivity contribution >= 4 is 281 Å². The number of thiophene rings is 8. The second-order valence-corrected chi connectivity index (χ2v) is 79.4. The first-order valence-corrected chi connectivity index (χ1v) is 78.8. The number of carbonyl (C=O) groups excluding carboxylic acids is 1. The third-order valence-corrected chi connectivity index (χ3v) is 54.0. The number of aromatic nitrogens is 2. The van der Waals surface area contributed by atoms with Gasteiger partial charge in [-0.25, -0.2) is 0 Å². The zero-order chi connectivity index (χ0) is 93.2. The SMILES string of the molecule is Brc1cc(Br)c(-c2sc(Br)cc2Br)s1.Brc1ccsc1-c1sccc1Br.CC#CC#CC#CC#CC(=N)CCCCCCCC.CC#CC#CC#CC#CC(=O)CCCCCCCC.CCCCCCCCC(CCCCCCCC)n1c2c[c]([Sn]([CH3])([CH3])[CH3])sc2c2s[c]([Sn]([CH3])([CH3])[CH3])cc21.CCCCCCCCC(CCCCCCCC)n1c2ccsc2c2sccc21.[HH].[HH].[HH].[HH].[HH].[HH].[HH].[HH].[HH].[HH].[HH].[HH].[HH].[HH]. The van der Waals surface area contributed by atoms with Gasteiger partial charge in [0.05, 0.1) is 53.2 Å². The first kappa shape index (κ1) is 116. The molecule has 10 aromatic heterocycles. The van der Waals surface area contributed by atoms with E-state index in [1.165, 1.54) is 286 Å². The van der Waals surface area contributed by atoms with E-state index in [0.29, 0.717) is 24.2 Å². The molecule has 0 atom stereocenters. The van der Waals surface area contributed by atoms with Crippen LogP contribution >= 0.6 is 186 Å². The standard InChI is InChI=1S/C25H39NS2.C25H37NS2.C18H21N.C18H20O.C8H2Br4S2.C8H4Br2S2.6CH3.2Sn.14H2/c2*1-3-5-7-9-11-13-15-21(16-14-12-10-8-6-4-2)26-22-17-19-27-24(22)25-23(26)18-20-28-25;2*1-3-5-7-9-11-13-15-17-18(19)16-14-12-10-8-6-4-2;9-3-1-5(11)13-7(3)8-4(10)2-6(12)14-8;9-5-1-3-11-7(5)8-6(10)2-4-12-8;;;;;;;;;;;;;;;;;;;;;;/h17-21H,3-16H2,1-2H3;17-18,21H,3-16H2,1-2H3;19H,4,6,8,10,12,14,16H2,1-2H3;4,6,8,10,12,14,16H2,1-2H3;1-2H;1-4H;6*1H3;;;14*1H. The monoisotopic (exact) mass is 2490 g/mol. The van der Waals surface area contributed by atoms with Crippen LogP contribution in [0.2, 0.25) is 29.6 Å². The number of hydrogen-bond donors (Lipinski definition) is 1. The number of hydrogen-bond acceptors (Lipinski definition) is 10. The minimum Gasteiger partial charge on any atom is -0.336 e. The molecule has 20 heteroatoms. The van der Waals surface area contributed by atoms with Gasteiger partial charge in [-0.3, -0.25) is 10.2 Å². The molecule has 0 aromatic carbocycles. The minimum atomic E-state index is -2.11. The summed E-state index contributed by atoms with van der Waals surface area (Å²) < 4.78 is 22.3. The van der Waals surface area contributed by atoms with Gasteiger partial charge < -0.3 is 4.57 Å². The smallest absolute Gasteiger partial charge is 0.0700 e. The molecule has 0 saturated carbocycles. The Hall–Kier alpha value is -2.50. The van der Waals surface area contributed by atoms with E-state index in [0.717, 1.165) is 42.2 Å². The zero-order valence-electron chi connectivity index (χ0n) is 79.1. The number of halogens is 6. The third-order valence-electron chi connectivity index (χ3n) is 21.7. The molecule has 10 aromatic rings. The molecular weight excluding hydrogens is 2330 g/mol. The van der Waals surface area contributed by atoms with Crippen LogP contribution in [-0.4, -0.2) is 57.4 Å². The predicted molar refractivity (Wildman–Crippen MR) is 640 cm³/mol. The number of ketones is 1. The average molecular weight is 2500 g/mol. The normalized spacial score (nSPS) is 10.7. The largest absolute Gasteiger partial charge is 0.336 e. The molecular formula is C108H169Br6N3OS8Sn2. The van der Waals surface area contributed by atoms with Crippen LogP contribution in [0.4, 0.5) is 0 Å². The van der Waals surface area contributed by atoms with Crippen LogP contribution in [-0.2, 0) is 4.79 Å². The van der Waals surface area contributed by atoms with Gasteiger partial charge in [0.1, 0.15) is 0 Å². The zero-order valence-corrected chi connectivity index (χ0v) is 101. The summed E-state index contributed by atoms with van der Waals surface area (Å²) in [6.45, 7) is 17.1. The van der Waals surface area contributed by atoms with E-state index in [-0.39, 0.29) is 25.8 Å². The number of nitrogens with zero attached hydrogens (tertiary/aromatic N) is 2. The van der Waals surface area contributed by atoms with Crippen LogP contribution in [0.1, 0.15) is 357 Å². The van der Waals surface area contributed by atoms with Crippen LogP contribution in [0, 0.1) is 100 Å². The molecule has 0 bridgehead atoms. The maximum atomic E-state index is 11.4. The van der Waals surface area contributed by atoms with Crippen molar-refractivity contribution in [3.05, 3.63) is 95.5 Å². The van der Waals surface area contributed by atoms with Gasteiger partial charge in [-0.1, -0.05) is 195 Å². The summed E-state index contributed by atoms with van der Waals surface area (Å²) in [5, 5.41) is 16.4. The molecule has 720 valence electrons. The van der Waals surface area contributed by atoms with Crippen LogP contribution in [0.5, 0.6) is 0 Å². The fraction of sp³-hybridized carbons (Fsp3) is 0.537. The number of carbonyl (C=O) groups is 1. The fourth-order valence-electron chi connectivity index (χ4n) is 14.8. The summed E-state index contributed by atoms with van der Waals surface area (Å²) in [5.74, 6) is 41.3. The number of unbranched alkanes of at least 4 members (excludes halogenated alkanes) is 30. The molecule has 0 spiro atoms. The van der Waals surface area contributed by atoms with Crippen molar-refractivity contribution in [1.82, 2.24) is 9.13 Å². The van der Waals surface area contributed by atoms with Gasteiger partial charge in [-0.2, -0.15) is 0 Å². The van der Waals surface area contributed by atoms with Gasteiger partial charge in [-0.15, -0.1) is 68.0 Å². The van der Waals surface area contributed by atoms with Crippen molar-refractivity contribution in [2.24, 2.45) is 0 Å². The van der Waals surface area contributed by atoms with Gasteiger partial charge in [0, 0.05) is 50.3 Å². The van der Waals surface area contributed by atoms with E-state index in [1.54, 1.807) is 85.4 Å². The Labute approximate surface area is 886 Å². The quantitative estimate of drug-likeness (QED) is 0.0133. The van der Waals surface area contributed by atoms with Crippen molar-refractivity contribution in [2.75, 3.05) is 0 Å². The van der Waals surface area contributed by atoms with Gasteiger partial charge in [0.15, 0.2) is 0 Å². The number of Topliss-reactive ketones (excluding diaryl/α,β-unsaturated/α-hetero) is 1. The molecule has 10 heterocycles. The average Bonchev–Trinajstić information content (AvgIpc) is 1.56. The Kier molecular flexibility index (Phi) is 62.8. The Bertz CT molecular complexity index is 5160. The molecule has 10 rings (SSSR count). The molecule has 0 aliphatic heterocycles. The molecule has 0 fully saturated rings. The molecule has 0 saturated heterocycles. The minimum absolute atomic E-state index is 0. The van der Waals surface area contributed by atoms with Gasteiger partial charge in [-0.05, 0) is 282 Å². The molecule has 0 aliphatic carbocycles. The Morgan fingerprint density at radius 3 is 0.945 bits per heavy atom. The summed E-state index contributed by atoms with van der Waals surface area (Å²) in [6, 6.07) is 19.7. The summed E-state index contributed by atoms with van der Waals surface area (Å²) in [5.41, 5.74) is 6.65. The third kappa shape index (κ3) is 44.8. The Morgan fingerprint density at radius 2 is 0.633 bits per heavy atom. The molecule has 0 amide bonds. The van der Waals surface area contributed by atoms with E-state index in [2.05, 4.69) is 363 Å². The molecule has 4 nitrogen and oxygen atoms in total. The maximum Gasteiger partial charge on any atom is 0.0700 e. The van der Waals surface area contributed by atoms with Gasteiger partial charge >= 0.3 is 228 Å². The molecule has 0 aliphatic rings. The first-order valence-electron chi connectivity index (χ1n) is 47.3. The molecule has 0 unspecified atom stereocenters. The van der Waals surface area contributed by atoms with Crippen LogP contribution in [0.25, 0.3) is 60.4 Å². The number of fused-ring (bicyclic) bond motifs is 6. The molecule has 1 N–H and O–H groups in total. The molecule has 128 heavy (non-hydrogen) atoms. The van der Waals surface area contributed by atoms with Crippen LogP contribution in [0.15, 0.2) is 95.5 Å². The van der Waals surface area contributed by atoms with E-state index in [9.17, 15) is 4.79 Å². The second-order valence-electron chi connectivity index (χ2n) is 34.5. The predicted octanol–water partition coefficient (Wildman–Crippen LogP) is 43.1. The van der Waals surface area contributed by atoms with E-state index < -0.39 is 36.8 Å². The Morgan fingerprint density at radius 1 is 0.336 bits per heavy atom. The van der Waals surface area contributed by atoms with Gasteiger partial charge in [0.25, 0.3) is 0 Å². The van der Waals surface area contributed by atoms with Crippen molar-refractivity contribution in [3.63, 3.8) is 0 Å². The Balaban J connectivity index is -0.000000187. The summed E-state index contributed by atoms with van der Waals surface area (Å²) in [4.78, 5) is 32.0. The van der Waals surface area contributed by atoms with Crippen LogP contribution < -0.4 is 5.79 Å². The second kappa shape index (κ2) is 69.3. The fourth-order valence-corrected chi connectivity index (χ4v) is 38.8. The molecule has 0 radical (unpaired) electrons. The summed E-state index contributed by atoms with van der Waals surface area (Å²) in [6.07, 6.45) is 54.8. The van der Waals surface area contributed by atoms with Crippen molar-refractivity contribution in [1.29, 1.82) is 5.41 Å². The summed E-state index contributed by atoms with van der Waals surface area (Å²) in [7, 11) is 0.